The van der Waals surface area contributed by atoms with Gasteiger partial charge in [-0.3, -0.25) is 4.79 Å². The van der Waals surface area contributed by atoms with E-state index in [-0.39, 0.29) is 10.5 Å². The van der Waals surface area contributed by atoms with E-state index in [9.17, 15) is 23.3 Å². The van der Waals surface area contributed by atoms with Gasteiger partial charge in [0.1, 0.15) is 5.54 Å². The Morgan fingerprint density at radius 1 is 1.23 bits per heavy atom. The summed E-state index contributed by atoms with van der Waals surface area (Å²) in [5.74, 6) is -1.37. The molecule has 1 fully saturated rings. The van der Waals surface area contributed by atoms with Gasteiger partial charge in [0.25, 0.3) is 5.91 Å². The van der Waals surface area contributed by atoms with Crippen LogP contribution in [0.15, 0.2) is 29.2 Å². The quantitative estimate of drug-likeness (QED) is 0.725. The molecule has 26 heavy (non-hydrogen) atoms. The lowest BCUT2D eigenvalue weighted by atomic mass is 9.81. The smallest absolute Gasteiger partial charge is 0.339 e. The second-order valence-electron chi connectivity index (χ2n) is 6.50. The van der Waals surface area contributed by atoms with Crippen molar-refractivity contribution in [1.82, 2.24) is 4.90 Å². The first-order valence-corrected chi connectivity index (χ1v) is 10.2. The van der Waals surface area contributed by atoms with Gasteiger partial charge in [-0.15, -0.1) is 0 Å². The lowest BCUT2D eigenvalue weighted by Crippen LogP contribution is -2.51. The number of amides is 1. The topological polar surface area (TPSA) is 105 Å². The Balaban J connectivity index is 2.08. The minimum Gasteiger partial charge on any atom is -0.452 e. The molecule has 0 bridgehead atoms. The summed E-state index contributed by atoms with van der Waals surface area (Å²) in [5.41, 5.74) is -0.982. The molecule has 1 amide bonds. The Hall–Kier alpha value is -2.40. The number of carbonyl (C=O) groups is 2. The molecule has 0 heterocycles. The summed E-state index contributed by atoms with van der Waals surface area (Å²) in [6.45, 7) is -0.545. The molecule has 0 radical (unpaired) electrons. The van der Waals surface area contributed by atoms with E-state index >= 15 is 0 Å². The van der Waals surface area contributed by atoms with Crippen LogP contribution in [0.3, 0.4) is 0 Å². The van der Waals surface area contributed by atoms with Crippen molar-refractivity contribution < 1.29 is 22.7 Å². The first-order chi connectivity index (χ1) is 12.2. The summed E-state index contributed by atoms with van der Waals surface area (Å²) in [6, 6.07) is 7.91. The first kappa shape index (κ1) is 19.9. The van der Waals surface area contributed by atoms with Gasteiger partial charge in [-0.1, -0.05) is 31.4 Å². The standard InChI is InChI=1S/C18H22N2O5S/c1-20(18(13-19)10-6-3-7-11-18)16(21)12-25-17(22)14-8-4-5-9-15(14)26(2,23)24/h4-5,8-9H,3,6-7,10-12H2,1-2H3. The Labute approximate surface area is 153 Å². The van der Waals surface area contributed by atoms with Crippen molar-refractivity contribution >= 4 is 21.7 Å². The number of esters is 1. The van der Waals surface area contributed by atoms with Gasteiger partial charge in [0, 0.05) is 13.3 Å². The van der Waals surface area contributed by atoms with E-state index < -0.39 is 33.9 Å². The number of carbonyl (C=O) groups excluding carboxylic acids is 2. The van der Waals surface area contributed by atoms with E-state index in [1.807, 2.05) is 0 Å². The van der Waals surface area contributed by atoms with Gasteiger partial charge in [-0.2, -0.15) is 5.26 Å². The van der Waals surface area contributed by atoms with Crippen LogP contribution in [0.25, 0.3) is 0 Å². The summed E-state index contributed by atoms with van der Waals surface area (Å²) < 4.78 is 28.6. The predicted octanol–water partition coefficient (Wildman–Crippen LogP) is 1.93. The van der Waals surface area contributed by atoms with Crippen LogP contribution in [0.4, 0.5) is 0 Å². The molecule has 0 aromatic heterocycles. The van der Waals surface area contributed by atoms with E-state index in [1.54, 1.807) is 0 Å². The van der Waals surface area contributed by atoms with E-state index in [0.29, 0.717) is 12.8 Å². The molecule has 1 aromatic carbocycles. The van der Waals surface area contributed by atoms with Gasteiger partial charge in [0.05, 0.1) is 16.5 Å². The number of sulfone groups is 1. The van der Waals surface area contributed by atoms with E-state index in [4.69, 9.17) is 4.74 Å². The average molecular weight is 378 g/mol. The fourth-order valence-electron chi connectivity index (χ4n) is 3.16. The molecule has 1 aliphatic carbocycles. The van der Waals surface area contributed by atoms with Gasteiger partial charge in [-0.25, -0.2) is 13.2 Å². The zero-order chi connectivity index (χ0) is 19.4. The van der Waals surface area contributed by atoms with Crippen LogP contribution in [-0.2, 0) is 19.4 Å². The van der Waals surface area contributed by atoms with Crippen molar-refractivity contribution in [2.75, 3.05) is 19.9 Å². The van der Waals surface area contributed by atoms with Crippen LogP contribution < -0.4 is 0 Å². The molecule has 0 atom stereocenters. The number of rotatable bonds is 5. The molecule has 0 N–H and O–H groups in total. The molecule has 140 valence electrons. The monoisotopic (exact) mass is 378 g/mol. The van der Waals surface area contributed by atoms with E-state index in [1.165, 1.54) is 36.2 Å². The second-order valence-corrected chi connectivity index (χ2v) is 8.49. The normalized spacial score (nSPS) is 16.3. The van der Waals surface area contributed by atoms with Crippen molar-refractivity contribution in [1.29, 1.82) is 5.26 Å². The van der Waals surface area contributed by atoms with E-state index in [2.05, 4.69) is 6.07 Å². The number of nitriles is 1. The van der Waals surface area contributed by atoms with Crippen molar-refractivity contribution in [3.8, 4) is 6.07 Å². The highest BCUT2D eigenvalue weighted by Crippen LogP contribution is 2.32. The van der Waals surface area contributed by atoms with E-state index in [0.717, 1.165) is 25.5 Å². The molecule has 8 heteroatoms. The number of ether oxygens (including phenoxy) is 1. The summed E-state index contributed by atoms with van der Waals surface area (Å²) in [5, 5.41) is 9.52. The fraction of sp³-hybridized carbons (Fsp3) is 0.500. The summed E-state index contributed by atoms with van der Waals surface area (Å²) >= 11 is 0. The summed E-state index contributed by atoms with van der Waals surface area (Å²) in [6.07, 6.45) is 4.95. The molecule has 1 aromatic rings. The molecule has 1 saturated carbocycles. The molecule has 7 nitrogen and oxygen atoms in total. The van der Waals surface area contributed by atoms with Gasteiger partial charge < -0.3 is 9.64 Å². The van der Waals surface area contributed by atoms with Crippen molar-refractivity contribution in [2.45, 2.75) is 42.5 Å². The van der Waals surface area contributed by atoms with Crippen LogP contribution in [0.2, 0.25) is 0 Å². The molecule has 0 unspecified atom stereocenters. The summed E-state index contributed by atoms with van der Waals surface area (Å²) in [7, 11) is -2.07. The fourth-order valence-corrected chi connectivity index (χ4v) is 4.03. The Kier molecular flexibility index (Phi) is 6.03. The van der Waals surface area contributed by atoms with Crippen molar-refractivity contribution in [2.24, 2.45) is 0 Å². The SMILES string of the molecule is CN(C(=O)COC(=O)c1ccccc1S(C)(=O)=O)C1(C#N)CCCCC1. The third kappa shape index (κ3) is 4.22. The van der Waals surface area contributed by atoms with Gasteiger partial charge >= 0.3 is 5.97 Å². The number of hydrogen-bond acceptors (Lipinski definition) is 6. The maximum Gasteiger partial charge on any atom is 0.339 e. The molecule has 1 aliphatic rings. The first-order valence-electron chi connectivity index (χ1n) is 8.35. The molecule has 0 spiro atoms. The highest BCUT2D eigenvalue weighted by molar-refractivity contribution is 7.90. The van der Waals surface area contributed by atoms with Crippen molar-refractivity contribution in [3.05, 3.63) is 29.8 Å². The maximum atomic E-state index is 12.4. The minimum absolute atomic E-state index is 0.113. The minimum atomic E-state index is -3.60. The molecule has 2 rings (SSSR count). The van der Waals surface area contributed by atoms with Crippen LogP contribution in [0.1, 0.15) is 42.5 Å². The number of likely N-dealkylation sites (N-methyl/N-ethyl adjacent to an activating group) is 1. The van der Waals surface area contributed by atoms with Gasteiger partial charge in [0.2, 0.25) is 0 Å². The number of benzene rings is 1. The third-order valence-electron chi connectivity index (χ3n) is 4.74. The highest BCUT2D eigenvalue weighted by atomic mass is 32.2. The molecular formula is C18H22N2O5S. The van der Waals surface area contributed by atoms with Gasteiger partial charge in [-0.05, 0) is 25.0 Å². The molecular weight excluding hydrogens is 356 g/mol. The lowest BCUT2D eigenvalue weighted by molar-refractivity contribution is -0.138. The average Bonchev–Trinajstić information content (AvgIpc) is 2.65. The maximum absolute atomic E-state index is 12.4. The zero-order valence-electron chi connectivity index (χ0n) is 14.9. The van der Waals surface area contributed by atoms with Crippen LogP contribution in [-0.4, -0.2) is 50.6 Å². The lowest BCUT2D eigenvalue weighted by Gasteiger charge is -2.38. The third-order valence-corrected chi connectivity index (χ3v) is 5.89. The van der Waals surface area contributed by atoms with Crippen molar-refractivity contribution in [3.63, 3.8) is 0 Å². The predicted molar refractivity (Wildman–Crippen MR) is 94.0 cm³/mol. The number of hydrogen-bond donors (Lipinski definition) is 0. The highest BCUT2D eigenvalue weighted by Gasteiger charge is 2.39. The Bertz CT molecular complexity index is 835. The molecule has 0 aliphatic heterocycles. The number of nitrogens with zero attached hydrogens (tertiary/aromatic N) is 2. The van der Waals surface area contributed by atoms with Gasteiger partial charge in [0.15, 0.2) is 16.4 Å². The zero-order valence-corrected chi connectivity index (χ0v) is 15.7. The molecule has 0 saturated heterocycles. The van der Waals surface area contributed by atoms with Crippen LogP contribution in [0, 0.1) is 11.3 Å². The van der Waals surface area contributed by atoms with Crippen LogP contribution in [0.5, 0.6) is 0 Å². The Morgan fingerprint density at radius 3 is 2.42 bits per heavy atom. The largest absolute Gasteiger partial charge is 0.452 e. The van der Waals surface area contributed by atoms with Crippen LogP contribution >= 0.6 is 0 Å². The second kappa shape index (κ2) is 7.87. The summed E-state index contributed by atoms with van der Waals surface area (Å²) in [4.78, 5) is 25.8. The Morgan fingerprint density at radius 2 is 1.85 bits per heavy atom.